The normalized spacial score (nSPS) is 15.6. The number of rotatable bonds is 1. The fourth-order valence-electron chi connectivity index (χ4n) is 2.13. The smallest absolute Gasteiger partial charge is 0.233 e. The second-order valence-corrected chi connectivity index (χ2v) is 4.93. The Kier molecular flexibility index (Phi) is 4.78. The molecule has 1 aromatic rings. The van der Waals surface area contributed by atoms with Gasteiger partial charge in [0.15, 0.2) is 0 Å². The number of benzene rings is 1. The van der Waals surface area contributed by atoms with Crippen LogP contribution in [0.5, 0.6) is 0 Å². The molecule has 0 bridgehead atoms. The number of nitrogens with zero attached hydrogens (tertiary/aromatic N) is 1. The molecule has 0 unspecified atom stereocenters. The second kappa shape index (κ2) is 6.56. The molecule has 1 aliphatic heterocycles. The summed E-state index contributed by atoms with van der Waals surface area (Å²) in [5.41, 5.74) is 6.41. The highest BCUT2D eigenvalue weighted by molar-refractivity contribution is 6.31. The van der Waals surface area contributed by atoms with Gasteiger partial charge in [-0.25, -0.2) is 4.90 Å². The summed E-state index contributed by atoms with van der Waals surface area (Å²) in [6.45, 7) is 0.212. The van der Waals surface area contributed by atoms with Crippen molar-refractivity contribution < 1.29 is 9.59 Å². The fraction of sp³-hybridized carbons (Fsp3) is 0.333. The molecule has 0 aliphatic carbocycles. The Hall–Kier alpha value is -1.83. The van der Waals surface area contributed by atoms with E-state index in [9.17, 15) is 9.59 Å². The SMILES string of the molecule is NCC#Cc1ccc(Cl)cc1N1C(=O)CCCCC1=O. The number of hydrogen-bond acceptors (Lipinski definition) is 3. The van der Waals surface area contributed by atoms with Crippen molar-refractivity contribution in [2.45, 2.75) is 25.7 Å². The molecule has 0 atom stereocenters. The van der Waals surface area contributed by atoms with Gasteiger partial charge in [-0.05, 0) is 31.0 Å². The zero-order chi connectivity index (χ0) is 14.5. The molecule has 2 N–H and O–H groups in total. The van der Waals surface area contributed by atoms with E-state index in [1.807, 2.05) is 0 Å². The number of hydrogen-bond donors (Lipinski definition) is 1. The van der Waals surface area contributed by atoms with Gasteiger partial charge in [0.25, 0.3) is 0 Å². The van der Waals surface area contributed by atoms with Gasteiger partial charge < -0.3 is 5.73 Å². The lowest BCUT2D eigenvalue weighted by Gasteiger charge is -2.20. The molecule has 1 fully saturated rings. The topological polar surface area (TPSA) is 63.4 Å². The summed E-state index contributed by atoms with van der Waals surface area (Å²) < 4.78 is 0. The van der Waals surface area contributed by atoms with Crippen molar-refractivity contribution in [3.05, 3.63) is 28.8 Å². The maximum absolute atomic E-state index is 12.2. The number of halogens is 1. The number of carbonyl (C=O) groups excluding carboxylic acids is 2. The van der Waals surface area contributed by atoms with Gasteiger partial charge in [0.05, 0.1) is 12.2 Å². The Morgan fingerprint density at radius 2 is 1.85 bits per heavy atom. The van der Waals surface area contributed by atoms with Crippen LogP contribution in [-0.2, 0) is 9.59 Å². The van der Waals surface area contributed by atoms with Gasteiger partial charge in [0, 0.05) is 23.4 Å². The first-order valence-electron chi connectivity index (χ1n) is 6.47. The molecule has 0 aromatic heterocycles. The summed E-state index contributed by atoms with van der Waals surface area (Å²) in [5.74, 6) is 5.21. The average Bonchev–Trinajstić information content (AvgIpc) is 2.58. The molecule has 2 amide bonds. The van der Waals surface area contributed by atoms with E-state index >= 15 is 0 Å². The molecule has 1 aromatic carbocycles. The summed E-state index contributed by atoms with van der Waals surface area (Å²) in [4.78, 5) is 25.5. The predicted molar refractivity (Wildman–Crippen MR) is 78.3 cm³/mol. The van der Waals surface area contributed by atoms with E-state index < -0.39 is 0 Å². The third-order valence-corrected chi connectivity index (χ3v) is 3.29. The highest BCUT2D eigenvalue weighted by Gasteiger charge is 2.27. The maximum Gasteiger partial charge on any atom is 0.233 e. The zero-order valence-electron chi connectivity index (χ0n) is 11.0. The van der Waals surface area contributed by atoms with Crippen LogP contribution in [0.25, 0.3) is 0 Å². The average molecular weight is 291 g/mol. The molecule has 0 saturated carbocycles. The molecule has 20 heavy (non-hydrogen) atoms. The van der Waals surface area contributed by atoms with Crippen molar-refractivity contribution in [3.63, 3.8) is 0 Å². The van der Waals surface area contributed by atoms with Crippen molar-refractivity contribution in [2.75, 3.05) is 11.4 Å². The molecule has 0 spiro atoms. The first kappa shape index (κ1) is 14.6. The predicted octanol–water partition coefficient (Wildman–Crippen LogP) is 2.08. The minimum absolute atomic E-state index is 0.203. The second-order valence-electron chi connectivity index (χ2n) is 4.50. The quantitative estimate of drug-likeness (QED) is 0.636. The standard InChI is InChI=1S/C15H15ClN2O2/c16-12-8-7-11(4-3-9-17)13(10-12)18-14(19)5-1-2-6-15(18)20/h7-8,10H,1-2,5-6,9,17H2. The zero-order valence-corrected chi connectivity index (χ0v) is 11.7. The molecule has 1 saturated heterocycles. The van der Waals surface area contributed by atoms with Gasteiger partial charge in [-0.3, -0.25) is 9.59 Å². The van der Waals surface area contributed by atoms with E-state index in [0.29, 0.717) is 29.1 Å². The Morgan fingerprint density at radius 1 is 1.20 bits per heavy atom. The Labute approximate surface area is 122 Å². The molecular weight excluding hydrogens is 276 g/mol. The number of carbonyl (C=O) groups is 2. The Balaban J connectivity index is 2.50. The lowest BCUT2D eigenvalue weighted by Crippen LogP contribution is -2.35. The van der Waals surface area contributed by atoms with Crippen LogP contribution in [-0.4, -0.2) is 18.4 Å². The van der Waals surface area contributed by atoms with Crippen molar-refractivity contribution in [3.8, 4) is 11.8 Å². The molecule has 0 radical (unpaired) electrons. The van der Waals surface area contributed by atoms with E-state index in [2.05, 4.69) is 11.8 Å². The number of anilines is 1. The third-order valence-electron chi connectivity index (χ3n) is 3.06. The monoisotopic (exact) mass is 290 g/mol. The molecule has 5 heteroatoms. The van der Waals surface area contributed by atoms with Crippen LogP contribution in [0.2, 0.25) is 5.02 Å². The van der Waals surface area contributed by atoms with Crippen molar-refractivity contribution in [2.24, 2.45) is 5.73 Å². The van der Waals surface area contributed by atoms with Gasteiger partial charge in [0.1, 0.15) is 0 Å². The molecular formula is C15H15ClN2O2. The Bertz CT molecular complexity index is 584. The summed E-state index contributed by atoms with van der Waals surface area (Å²) in [6.07, 6.45) is 2.18. The van der Waals surface area contributed by atoms with E-state index in [1.165, 1.54) is 4.90 Å². The molecule has 4 nitrogen and oxygen atoms in total. The first-order chi connectivity index (χ1) is 9.63. The van der Waals surface area contributed by atoms with E-state index in [-0.39, 0.29) is 18.4 Å². The number of amides is 2. The summed E-state index contributed by atoms with van der Waals surface area (Å²) in [7, 11) is 0. The van der Waals surface area contributed by atoms with Gasteiger partial charge in [0.2, 0.25) is 11.8 Å². The van der Waals surface area contributed by atoms with Crippen LogP contribution >= 0.6 is 11.6 Å². The minimum atomic E-state index is -0.203. The largest absolute Gasteiger partial charge is 0.320 e. The fourth-order valence-corrected chi connectivity index (χ4v) is 2.29. The summed E-state index contributed by atoms with van der Waals surface area (Å²) >= 11 is 5.98. The third kappa shape index (κ3) is 3.19. The van der Waals surface area contributed by atoms with E-state index in [0.717, 1.165) is 12.8 Å². The van der Waals surface area contributed by atoms with Crippen molar-refractivity contribution in [1.29, 1.82) is 0 Å². The van der Waals surface area contributed by atoms with E-state index in [4.69, 9.17) is 17.3 Å². The van der Waals surface area contributed by atoms with Gasteiger partial charge in [-0.2, -0.15) is 0 Å². The first-order valence-corrected chi connectivity index (χ1v) is 6.85. The van der Waals surface area contributed by atoms with Gasteiger partial charge >= 0.3 is 0 Å². The highest BCUT2D eigenvalue weighted by Crippen LogP contribution is 2.28. The molecule has 2 rings (SSSR count). The van der Waals surface area contributed by atoms with Gasteiger partial charge in [-0.1, -0.05) is 23.4 Å². The summed E-state index contributed by atoms with van der Waals surface area (Å²) in [6, 6.07) is 4.98. The van der Waals surface area contributed by atoms with Crippen LogP contribution in [0.15, 0.2) is 18.2 Å². The number of nitrogens with two attached hydrogens (primary N) is 1. The van der Waals surface area contributed by atoms with Crippen LogP contribution < -0.4 is 10.6 Å². The lowest BCUT2D eigenvalue weighted by molar-refractivity contribution is -0.125. The molecule has 104 valence electrons. The van der Waals surface area contributed by atoms with Crippen LogP contribution in [0.3, 0.4) is 0 Å². The van der Waals surface area contributed by atoms with Crippen LogP contribution in [0.4, 0.5) is 5.69 Å². The lowest BCUT2D eigenvalue weighted by atomic mass is 10.1. The van der Waals surface area contributed by atoms with Crippen molar-refractivity contribution in [1.82, 2.24) is 0 Å². The van der Waals surface area contributed by atoms with Crippen LogP contribution in [0.1, 0.15) is 31.2 Å². The summed E-state index contributed by atoms with van der Waals surface area (Å²) in [5, 5.41) is 0.461. The van der Waals surface area contributed by atoms with Crippen LogP contribution in [0, 0.1) is 11.8 Å². The minimum Gasteiger partial charge on any atom is -0.320 e. The number of imide groups is 1. The molecule has 1 heterocycles. The van der Waals surface area contributed by atoms with E-state index in [1.54, 1.807) is 18.2 Å². The van der Waals surface area contributed by atoms with Crippen molar-refractivity contribution >= 4 is 29.1 Å². The van der Waals surface area contributed by atoms with Gasteiger partial charge in [-0.15, -0.1) is 0 Å². The Morgan fingerprint density at radius 3 is 2.45 bits per heavy atom. The maximum atomic E-state index is 12.2. The molecule has 1 aliphatic rings. The highest BCUT2D eigenvalue weighted by atomic mass is 35.5.